The Hall–Kier alpha value is -0.380. The fourth-order valence-electron chi connectivity index (χ4n) is 1.92. The molecule has 0 saturated heterocycles. The Balaban J connectivity index is 1.99. The molecule has 0 amide bonds. The van der Waals surface area contributed by atoms with Crippen LogP contribution in [-0.4, -0.2) is 25.0 Å². The van der Waals surface area contributed by atoms with Gasteiger partial charge in [-0.3, -0.25) is 4.90 Å². The van der Waals surface area contributed by atoms with Crippen LogP contribution in [0.15, 0.2) is 6.07 Å². The highest BCUT2D eigenvalue weighted by Gasteiger charge is 2.26. The van der Waals surface area contributed by atoms with Crippen molar-refractivity contribution in [2.24, 2.45) is 0 Å². The molecule has 0 atom stereocenters. The summed E-state index contributed by atoms with van der Waals surface area (Å²) in [5, 5.41) is 3.21. The van der Waals surface area contributed by atoms with E-state index in [-0.39, 0.29) is 0 Å². The Bertz CT molecular complexity index is 328. The Morgan fingerprint density at radius 1 is 1.53 bits per heavy atom. The van der Waals surface area contributed by atoms with Gasteiger partial charge in [-0.2, -0.15) is 0 Å². The highest BCUT2D eigenvalue weighted by Crippen LogP contribution is 2.29. The van der Waals surface area contributed by atoms with Crippen LogP contribution in [0.2, 0.25) is 0 Å². The fraction of sp³-hybridized carbons (Fsp3) is 0.667. The van der Waals surface area contributed by atoms with Crippen LogP contribution in [0.1, 0.15) is 28.2 Å². The van der Waals surface area contributed by atoms with Crippen molar-refractivity contribution in [3.63, 3.8) is 0 Å². The summed E-state index contributed by atoms with van der Waals surface area (Å²) in [6.07, 6.45) is 2.78. The second-order valence-corrected chi connectivity index (χ2v) is 5.81. The molecule has 1 aliphatic carbocycles. The molecule has 1 heterocycles. The van der Waals surface area contributed by atoms with Crippen LogP contribution in [0.5, 0.6) is 0 Å². The van der Waals surface area contributed by atoms with Gasteiger partial charge in [-0.05, 0) is 45.5 Å². The Morgan fingerprint density at radius 2 is 2.27 bits per heavy atom. The first-order valence-electron chi connectivity index (χ1n) is 5.63. The smallest absolute Gasteiger partial charge is 0.0296 e. The average Bonchev–Trinajstić information content (AvgIpc) is 2.95. The number of hydrogen-bond donors (Lipinski definition) is 1. The maximum Gasteiger partial charge on any atom is 0.0296 e. The highest BCUT2D eigenvalue weighted by molar-refractivity contribution is 7.12. The number of nitrogens with zero attached hydrogens (tertiary/aromatic N) is 1. The van der Waals surface area contributed by atoms with Crippen molar-refractivity contribution in [1.29, 1.82) is 0 Å². The van der Waals surface area contributed by atoms with Crippen molar-refractivity contribution in [2.45, 2.75) is 38.9 Å². The quantitative estimate of drug-likeness (QED) is 0.826. The SMILES string of the molecule is CNCc1cc(CN(C)C2CC2)c(C)s1. The molecular formula is C12H20N2S. The van der Waals surface area contributed by atoms with Gasteiger partial charge in [0.15, 0.2) is 0 Å². The van der Waals surface area contributed by atoms with Crippen LogP contribution < -0.4 is 5.32 Å². The molecule has 84 valence electrons. The number of nitrogens with one attached hydrogen (secondary N) is 1. The van der Waals surface area contributed by atoms with Crippen molar-refractivity contribution < 1.29 is 0 Å². The summed E-state index contributed by atoms with van der Waals surface area (Å²) >= 11 is 1.92. The topological polar surface area (TPSA) is 15.3 Å². The minimum atomic E-state index is 0.858. The number of rotatable bonds is 5. The largest absolute Gasteiger partial charge is 0.315 e. The molecule has 3 heteroatoms. The molecule has 0 aromatic carbocycles. The molecule has 1 fully saturated rings. The highest BCUT2D eigenvalue weighted by atomic mass is 32.1. The lowest BCUT2D eigenvalue weighted by Crippen LogP contribution is -2.19. The maximum absolute atomic E-state index is 3.21. The third kappa shape index (κ3) is 2.80. The summed E-state index contributed by atoms with van der Waals surface area (Å²) in [6.45, 7) is 4.36. The first kappa shape index (κ1) is 11.1. The van der Waals surface area contributed by atoms with E-state index in [9.17, 15) is 0 Å². The van der Waals surface area contributed by atoms with Gasteiger partial charge in [0.2, 0.25) is 0 Å². The van der Waals surface area contributed by atoms with Crippen molar-refractivity contribution in [3.8, 4) is 0 Å². The van der Waals surface area contributed by atoms with E-state index in [4.69, 9.17) is 0 Å². The molecule has 1 saturated carbocycles. The monoisotopic (exact) mass is 224 g/mol. The average molecular weight is 224 g/mol. The van der Waals surface area contributed by atoms with E-state index in [1.54, 1.807) is 0 Å². The summed E-state index contributed by atoms with van der Waals surface area (Å²) in [5.74, 6) is 0. The van der Waals surface area contributed by atoms with Gasteiger partial charge in [0.25, 0.3) is 0 Å². The normalized spacial score (nSPS) is 16.3. The zero-order valence-corrected chi connectivity index (χ0v) is 10.7. The first-order chi connectivity index (χ1) is 7.20. The molecule has 0 spiro atoms. The van der Waals surface area contributed by atoms with E-state index in [1.165, 1.54) is 28.2 Å². The number of hydrogen-bond acceptors (Lipinski definition) is 3. The van der Waals surface area contributed by atoms with Crippen LogP contribution in [0.3, 0.4) is 0 Å². The minimum Gasteiger partial charge on any atom is -0.315 e. The predicted molar refractivity (Wildman–Crippen MR) is 66.3 cm³/mol. The molecule has 0 unspecified atom stereocenters. The molecule has 0 aliphatic heterocycles. The van der Waals surface area contributed by atoms with E-state index in [2.05, 4.69) is 30.3 Å². The molecule has 1 aromatic rings. The molecular weight excluding hydrogens is 204 g/mol. The van der Waals surface area contributed by atoms with E-state index in [0.29, 0.717) is 0 Å². The lowest BCUT2D eigenvalue weighted by Gasteiger charge is -2.14. The van der Waals surface area contributed by atoms with Gasteiger partial charge in [0.05, 0.1) is 0 Å². The van der Waals surface area contributed by atoms with E-state index >= 15 is 0 Å². The van der Waals surface area contributed by atoms with Gasteiger partial charge in [-0.15, -0.1) is 11.3 Å². The summed E-state index contributed by atoms with van der Waals surface area (Å²) in [6, 6.07) is 3.21. The molecule has 1 aliphatic rings. The van der Waals surface area contributed by atoms with Gasteiger partial charge in [-0.25, -0.2) is 0 Å². The van der Waals surface area contributed by atoms with Crippen LogP contribution in [-0.2, 0) is 13.1 Å². The summed E-state index contributed by atoms with van der Waals surface area (Å²) < 4.78 is 0. The molecule has 0 radical (unpaired) electrons. The van der Waals surface area contributed by atoms with Gasteiger partial charge < -0.3 is 5.32 Å². The van der Waals surface area contributed by atoms with Crippen LogP contribution in [0.25, 0.3) is 0 Å². The van der Waals surface area contributed by atoms with Crippen molar-refractivity contribution in [3.05, 3.63) is 21.4 Å². The predicted octanol–water partition coefficient (Wildman–Crippen LogP) is 2.37. The standard InChI is InChI=1S/C12H20N2S/c1-9-10(6-12(15-9)7-13-2)8-14(3)11-4-5-11/h6,11,13H,4-5,7-8H2,1-3H3. The minimum absolute atomic E-state index is 0.858. The Morgan fingerprint density at radius 3 is 2.87 bits per heavy atom. The second kappa shape index (κ2) is 4.64. The lowest BCUT2D eigenvalue weighted by molar-refractivity contribution is 0.316. The van der Waals surface area contributed by atoms with Gasteiger partial charge in [0, 0.05) is 28.9 Å². The Kier molecular flexibility index (Phi) is 3.44. The molecule has 1 aromatic heterocycles. The van der Waals surface area contributed by atoms with Gasteiger partial charge in [-0.1, -0.05) is 0 Å². The molecule has 0 bridgehead atoms. The van der Waals surface area contributed by atoms with Crippen molar-refractivity contribution in [1.82, 2.24) is 10.2 Å². The first-order valence-corrected chi connectivity index (χ1v) is 6.45. The summed E-state index contributed by atoms with van der Waals surface area (Å²) in [5.41, 5.74) is 1.51. The summed E-state index contributed by atoms with van der Waals surface area (Å²) in [7, 11) is 4.25. The third-order valence-electron chi connectivity index (χ3n) is 3.01. The molecule has 1 N–H and O–H groups in total. The zero-order chi connectivity index (χ0) is 10.8. The van der Waals surface area contributed by atoms with Crippen molar-refractivity contribution >= 4 is 11.3 Å². The fourth-order valence-corrected chi connectivity index (χ4v) is 2.98. The second-order valence-electron chi connectivity index (χ2n) is 4.47. The zero-order valence-electron chi connectivity index (χ0n) is 9.84. The number of thiophene rings is 1. The van der Waals surface area contributed by atoms with Gasteiger partial charge in [0.1, 0.15) is 0 Å². The van der Waals surface area contributed by atoms with E-state index < -0.39 is 0 Å². The van der Waals surface area contributed by atoms with Crippen LogP contribution in [0, 0.1) is 6.92 Å². The summed E-state index contributed by atoms with van der Waals surface area (Å²) in [4.78, 5) is 5.42. The van der Waals surface area contributed by atoms with Crippen LogP contribution in [0.4, 0.5) is 0 Å². The lowest BCUT2D eigenvalue weighted by atomic mass is 10.2. The molecule has 2 nitrogen and oxygen atoms in total. The Labute approximate surface area is 96.3 Å². The van der Waals surface area contributed by atoms with E-state index in [1.807, 2.05) is 18.4 Å². The van der Waals surface area contributed by atoms with Crippen LogP contribution >= 0.6 is 11.3 Å². The molecule has 15 heavy (non-hydrogen) atoms. The number of aryl methyl sites for hydroxylation is 1. The van der Waals surface area contributed by atoms with Gasteiger partial charge >= 0.3 is 0 Å². The maximum atomic E-state index is 3.21. The van der Waals surface area contributed by atoms with E-state index in [0.717, 1.165) is 19.1 Å². The van der Waals surface area contributed by atoms with Crippen molar-refractivity contribution in [2.75, 3.05) is 14.1 Å². The molecule has 2 rings (SSSR count). The third-order valence-corrected chi connectivity index (χ3v) is 4.11.